The first-order chi connectivity index (χ1) is 9.65. The maximum absolute atomic E-state index is 12.7. The topological polar surface area (TPSA) is 42.7 Å². The number of rotatable bonds is 6. The molecular formula is C15H16FNO3. The summed E-state index contributed by atoms with van der Waals surface area (Å²) in [5, 5.41) is 0. The Morgan fingerprint density at radius 3 is 2.70 bits per heavy atom. The first-order valence-corrected chi connectivity index (χ1v) is 6.30. The molecule has 0 aliphatic carbocycles. The van der Waals surface area contributed by atoms with Crippen molar-refractivity contribution < 1.29 is 18.3 Å². The van der Waals surface area contributed by atoms with E-state index in [0.717, 1.165) is 5.76 Å². The van der Waals surface area contributed by atoms with E-state index in [9.17, 15) is 9.18 Å². The zero-order valence-electron chi connectivity index (χ0n) is 11.2. The van der Waals surface area contributed by atoms with Crippen molar-refractivity contribution in [2.75, 3.05) is 20.2 Å². The van der Waals surface area contributed by atoms with Crippen molar-refractivity contribution in [1.82, 2.24) is 4.90 Å². The molecule has 1 aromatic carbocycles. The Kier molecular flexibility index (Phi) is 4.76. The summed E-state index contributed by atoms with van der Waals surface area (Å²) >= 11 is 0. The van der Waals surface area contributed by atoms with Gasteiger partial charge >= 0.3 is 0 Å². The third-order valence-corrected chi connectivity index (χ3v) is 2.88. The van der Waals surface area contributed by atoms with Gasteiger partial charge in [0.15, 0.2) is 6.61 Å². The number of benzene rings is 1. The molecule has 1 aromatic heterocycles. The lowest BCUT2D eigenvalue weighted by molar-refractivity contribution is -0.132. The highest BCUT2D eigenvalue weighted by atomic mass is 19.1. The standard InChI is InChI=1S/C15H16FNO3/c1-17(9-8-13-3-2-10-19-13)15(18)11-20-14-6-4-12(16)5-7-14/h2-7,10H,8-9,11H2,1H3. The van der Waals surface area contributed by atoms with Crippen LogP contribution in [0.5, 0.6) is 5.75 Å². The number of ether oxygens (including phenoxy) is 1. The largest absolute Gasteiger partial charge is 0.484 e. The summed E-state index contributed by atoms with van der Waals surface area (Å²) in [5.74, 6) is 0.836. The van der Waals surface area contributed by atoms with Gasteiger partial charge in [0.2, 0.25) is 0 Å². The summed E-state index contributed by atoms with van der Waals surface area (Å²) in [6.07, 6.45) is 2.26. The average Bonchev–Trinajstić information content (AvgIpc) is 2.97. The van der Waals surface area contributed by atoms with Gasteiger partial charge < -0.3 is 14.1 Å². The number of hydrogen-bond acceptors (Lipinski definition) is 3. The second kappa shape index (κ2) is 6.75. The lowest BCUT2D eigenvalue weighted by atomic mass is 10.3. The first kappa shape index (κ1) is 14.1. The number of carbonyl (C=O) groups is 1. The molecular weight excluding hydrogens is 261 g/mol. The number of nitrogens with zero attached hydrogens (tertiary/aromatic N) is 1. The Labute approximate surface area is 116 Å². The van der Waals surface area contributed by atoms with E-state index in [0.29, 0.717) is 18.7 Å². The lowest BCUT2D eigenvalue weighted by Crippen LogP contribution is -2.33. The average molecular weight is 277 g/mol. The molecule has 0 spiro atoms. The minimum atomic E-state index is -0.334. The van der Waals surface area contributed by atoms with Crippen LogP contribution in [0, 0.1) is 5.82 Å². The van der Waals surface area contributed by atoms with E-state index in [1.807, 2.05) is 12.1 Å². The number of hydrogen-bond donors (Lipinski definition) is 0. The molecule has 20 heavy (non-hydrogen) atoms. The van der Waals surface area contributed by atoms with Crippen molar-refractivity contribution in [3.05, 3.63) is 54.2 Å². The van der Waals surface area contributed by atoms with Crippen LogP contribution in [0.1, 0.15) is 5.76 Å². The molecule has 0 atom stereocenters. The van der Waals surface area contributed by atoms with Crippen LogP contribution >= 0.6 is 0 Å². The summed E-state index contributed by atoms with van der Waals surface area (Å²) < 4.78 is 23.2. The van der Waals surface area contributed by atoms with Crippen molar-refractivity contribution >= 4 is 5.91 Å². The first-order valence-electron chi connectivity index (χ1n) is 6.30. The molecule has 2 rings (SSSR count). The summed E-state index contributed by atoms with van der Waals surface area (Å²) in [7, 11) is 1.71. The molecule has 0 saturated carbocycles. The van der Waals surface area contributed by atoms with Crippen LogP contribution in [0.25, 0.3) is 0 Å². The smallest absolute Gasteiger partial charge is 0.260 e. The normalized spacial score (nSPS) is 10.3. The van der Waals surface area contributed by atoms with E-state index in [2.05, 4.69) is 0 Å². The zero-order chi connectivity index (χ0) is 14.4. The molecule has 0 fully saturated rings. The van der Waals surface area contributed by atoms with E-state index in [1.54, 1.807) is 18.2 Å². The highest BCUT2D eigenvalue weighted by Gasteiger charge is 2.10. The fourth-order valence-corrected chi connectivity index (χ4v) is 1.64. The molecule has 1 heterocycles. The molecule has 1 amide bonds. The van der Waals surface area contributed by atoms with Gasteiger partial charge in [-0.25, -0.2) is 4.39 Å². The van der Waals surface area contributed by atoms with Gasteiger partial charge in [-0.3, -0.25) is 4.79 Å². The predicted octanol–water partition coefficient (Wildman–Crippen LogP) is 2.50. The summed E-state index contributed by atoms with van der Waals surface area (Å²) in [4.78, 5) is 13.4. The Hall–Kier alpha value is -2.30. The van der Waals surface area contributed by atoms with Gasteiger partial charge in [-0.2, -0.15) is 0 Å². The van der Waals surface area contributed by atoms with Gasteiger partial charge in [-0.1, -0.05) is 0 Å². The van der Waals surface area contributed by atoms with Crippen molar-refractivity contribution in [3.63, 3.8) is 0 Å². The summed E-state index contributed by atoms with van der Waals surface area (Å²) in [6.45, 7) is 0.486. The highest BCUT2D eigenvalue weighted by molar-refractivity contribution is 5.77. The van der Waals surface area contributed by atoms with Crippen LogP contribution in [0.4, 0.5) is 4.39 Å². The van der Waals surface area contributed by atoms with Gasteiger partial charge in [-0.15, -0.1) is 0 Å². The minimum Gasteiger partial charge on any atom is -0.484 e. The van der Waals surface area contributed by atoms with E-state index in [4.69, 9.17) is 9.15 Å². The quantitative estimate of drug-likeness (QED) is 0.814. The van der Waals surface area contributed by atoms with Crippen molar-refractivity contribution in [3.8, 4) is 5.75 Å². The van der Waals surface area contributed by atoms with E-state index in [1.165, 1.54) is 24.3 Å². The molecule has 0 aliphatic rings. The molecule has 106 valence electrons. The number of carbonyl (C=O) groups excluding carboxylic acids is 1. The van der Waals surface area contributed by atoms with E-state index < -0.39 is 0 Å². The molecule has 0 aliphatic heterocycles. The van der Waals surface area contributed by atoms with Crippen molar-refractivity contribution in [1.29, 1.82) is 0 Å². The maximum Gasteiger partial charge on any atom is 0.260 e. The summed E-state index contributed by atoms with van der Waals surface area (Å²) in [5.41, 5.74) is 0. The fourth-order valence-electron chi connectivity index (χ4n) is 1.64. The van der Waals surface area contributed by atoms with Crippen LogP contribution in [0.2, 0.25) is 0 Å². The van der Waals surface area contributed by atoms with Gasteiger partial charge in [0, 0.05) is 20.0 Å². The second-order valence-corrected chi connectivity index (χ2v) is 4.39. The molecule has 2 aromatic rings. The van der Waals surface area contributed by atoms with Crippen LogP contribution in [0.15, 0.2) is 47.1 Å². The molecule has 0 N–H and O–H groups in total. The maximum atomic E-state index is 12.7. The van der Waals surface area contributed by atoms with Gasteiger partial charge in [0.1, 0.15) is 17.3 Å². The third-order valence-electron chi connectivity index (χ3n) is 2.88. The Morgan fingerprint density at radius 2 is 2.05 bits per heavy atom. The monoisotopic (exact) mass is 277 g/mol. The number of furan rings is 1. The number of amides is 1. The van der Waals surface area contributed by atoms with E-state index in [-0.39, 0.29) is 18.3 Å². The minimum absolute atomic E-state index is 0.0692. The predicted molar refractivity (Wildman–Crippen MR) is 71.9 cm³/mol. The number of likely N-dealkylation sites (N-methyl/N-ethyl adjacent to an activating group) is 1. The van der Waals surface area contributed by atoms with Crippen molar-refractivity contribution in [2.24, 2.45) is 0 Å². The number of halogens is 1. The van der Waals surface area contributed by atoms with Crippen LogP contribution < -0.4 is 4.74 Å². The SMILES string of the molecule is CN(CCc1ccco1)C(=O)COc1ccc(F)cc1. The molecule has 5 heteroatoms. The Balaban J connectivity index is 1.74. The lowest BCUT2D eigenvalue weighted by Gasteiger charge is -2.16. The van der Waals surface area contributed by atoms with Crippen LogP contribution in [-0.2, 0) is 11.2 Å². The Bertz CT molecular complexity index is 537. The van der Waals surface area contributed by atoms with Crippen molar-refractivity contribution in [2.45, 2.75) is 6.42 Å². The zero-order valence-corrected chi connectivity index (χ0v) is 11.2. The fraction of sp³-hybridized carbons (Fsp3) is 0.267. The Morgan fingerprint density at radius 1 is 1.30 bits per heavy atom. The second-order valence-electron chi connectivity index (χ2n) is 4.39. The molecule has 0 unspecified atom stereocenters. The molecule has 4 nitrogen and oxygen atoms in total. The van der Waals surface area contributed by atoms with Crippen LogP contribution in [-0.4, -0.2) is 31.0 Å². The van der Waals surface area contributed by atoms with Gasteiger partial charge in [0.25, 0.3) is 5.91 Å². The van der Waals surface area contributed by atoms with E-state index >= 15 is 0 Å². The molecule has 0 saturated heterocycles. The van der Waals surface area contributed by atoms with Gasteiger partial charge in [0.05, 0.1) is 6.26 Å². The molecule has 0 bridgehead atoms. The summed E-state index contributed by atoms with van der Waals surface area (Å²) in [6, 6.07) is 9.25. The van der Waals surface area contributed by atoms with Gasteiger partial charge in [-0.05, 0) is 36.4 Å². The molecule has 0 radical (unpaired) electrons. The van der Waals surface area contributed by atoms with Crippen LogP contribution in [0.3, 0.4) is 0 Å². The highest BCUT2D eigenvalue weighted by Crippen LogP contribution is 2.11. The third kappa shape index (κ3) is 4.12.